The summed E-state index contributed by atoms with van der Waals surface area (Å²) in [7, 11) is 0. The number of aromatic nitrogens is 1. The summed E-state index contributed by atoms with van der Waals surface area (Å²) in [5, 5.41) is 7.84. The Bertz CT molecular complexity index is 1020. The van der Waals surface area contributed by atoms with Gasteiger partial charge in [0, 0.05) is 16.9 Å². The lowest BCUT2D eigenvalue weighted by atomic mass is 10.1. The van der Waals surface area contributed by atoms with Gasteiger partial charge in [0.2, 0.25) is 5.91 Å². The lowest BCUT2D eigenvalue weighted by Gasteiger charge is -2.09. The SMILES string of the molecule is C=CC(=O)Nc1cccc(-c2ccc(NC(=O)Nc3cccc(F)c3)cc2)n1. The van der Waals surface area contributed by atoms with Crippen LogP contribution < -0.4 is 16.0 Å². The molecule has 1 aromatic heterocycles. The van der Waals surface area contributed by atoms with Crippen molar-refractivity contribution in [3.05, 3.63) is 85.2 Å². The Labute approximate surface area is 161 Å². The molecule has 0 aliphatic carbocycles. The highest BCUT2D eigenvalue weighted by molar-refractivity contribution is 6.00. The van der Waals surface area contributed by atoms with E-state index < -0.39 is 11.8 Å². The van der Waals surface area contributed by atoms with Crippen molar-refractivity contribution in [1.82, 2.24) is 4.98 Å². The molecular weight excluding hydrogens is 359 g/mol. The first-order chi connectivity index (χ1) is 13.5. The number of carbonyl (C=O) groups is 2. The Morgan fingerprint density at radius 1 is 0.893 bits per heavy atom. The number of hydrogen-bond donors (Lipinski definition) is 3. The molecule has 2 aromatic carbocycles. The molecule has 0 fully saturated rings. The van der Waals surface area contributed by atoms with Crippen molar-refractivity contribution < 1.29 is 14.0 Å². The van der Waals surface area contributed by atoms with E-state index in [9.17, 15) is 14.0 Å². The zero-order chi connectivity index (χ0) is 19.9. The number of halogens is 1. The van der Waals surface area contributed by atoms with Crippen molar-refractivity contribution in [2.75, 3.05) is 16.0 Å². The Morgan fingerprint density at radius 3 is 2.32 bits per heavy atom. The number of rotatable bonds is 5. The summed E-state index contributed by atoms with van der Waals surface area (Å²) < 4.78 is 13.2. The molecule has 0 radical (unpaired) electrons. The molecule has 3 aromatic rings. The van der Waals surface area contributed by atoms with Gasteiger partial charge in [-0.25, -0.2) is 14.2 Å². The van der Waals surface area contributed by atoms with E-state index in [0.717, 1.165) is 5.56 Å². The molecule has 1 heterocycles. The van der Waals surface area contributed by atoms with Gasteiger partial charge in [-0.05, 0) is 48.5 Å². The summed E-state index contributed by atoms with van der Waals surface area (Å²) in [6, 6.07) is 17.4. The first-order valence-corrected chi connectivity index (χ1v) is 8.38. The minimum atomic E-state index is -0.481. The maximum Gasteiger partial charge on any atom is 0.323 e. The van der Waals surface area contributed by atoms with Gasteiger partial charge in [-0.1, -0.05) is 30.8 Å². The van der Waals surface area contributed by atoms with E-state index in [0.29, 0.717) is 22.9 Å². The second kappa shape index (κ2) is 8.59. The Morgan fingerprint density at radius 2 is 1.61 bits per heavy atom. The number of anilines is 3. The van der Waals surface area contributed by atoms with Crippen LogP contribution in [0.3, 0.4) is 0 Å². The van der Waals surface area contributed by atoms with Gasteiger partial charge in [0.25, 0.3) is 0 Å². The minimum Gasteiger partial charge on any atom is -0.308 e. The predicted molar refractivity (Wildman–Crippen MR) is 108 cm³/mol. The molecule has 3 amide bonds. The maximum atomic E-state index is 13.2. The third kappa shape index (κ3) is 5.01. The number of nitrogens with zero attached hydrogens (tertiary/aromatic N) is 1. The summed E-state index contributed by atoms with van der Waals surface area (Å²) in [4.78, 5) is 27.8. The standard InChI is InChI=1S/C21H17FN4O2/c1-2-20(27)26-19-8-4-7-18(25-19)14-9-11-16(12-10-14)23-21(28)24-17-6-3-5-15(22)13-17/h2-13H,1H2,(H2,23,24,28)(H,25,26,27). The maximum absolute atomic E-state index is 13.2. The van der Waals surface area contributed by atoms with Crippen molar-refractivity contribution in [3.63, 3.8) is 0 Å². The van der Waals surface area contributed by atoms with E-state index in [2.05, 4.69) is 27.5 Å². The van der Waals surface area contributed by atoms with Gasteiger partial charge in [-0.3, -0.25) is 4.79 Å². The quantitative estimate of drug-likeness (QED) is 0.567. The molecule has 3 N–H and O–H groups in total. The van der Waals surface area contributed by atoms with E-state index in [4.69, 9.17) is 0 Å². The number of hydrogen-bond acceptors (Lipinski definition) is 3. The van der Waals surface area contributed by atoms with Crippen LogP contribution >= 0.6 is 0 Å². The molecule has 3 rings (SSSR count). The Balaban J connectivity index is 1.66. The largest absolute Gasteiger partial charge is 0.323 e. The summed E-state index contributed by atoms with van der Waals surface area (Å²) in [6.45, 7) is 3.40. The second-order valence-corrected chi connectivity index (χ2v) is 5.77. The first kappa shape index (κ1) is 18.8. The summed E-state index contributed by atoms with van der Waals surface area (Å²) in [5.41, 5.74) is 2.40. The topological polar surface area (TPSA) is 83.1 Å². The predicted octanol–water partition coefficient (Wildman–Crippen LogP) is 4.66. The second-order valence-electron chi connectivity index (χ2n) is 5.77. The normalized spacial score (nSPS) is 10.0. The van der Waals surface area contributed by atoms with E-state index in [1.165, 1.54) is 24.3 Å². The van der Waals surface area contributed by atoms with Crippen molar-refractivity contribution in [2.24, 2.45) is 0 Å². The number of carbonyl (C=O) groups excluding carboxylic acids is 2. The van der Waals surface area contributed by atoms with Crippen molar-refractivity contribution >= 4 is 29.1 Å². The van der Waals surface area contributed by atoms with Crippen LogP contribution in [-0.4, -0.2) is 16.9 Å². The molecule has 0 bridgehead atoms. The smallest absolute Gasteiger partial charge is 0.308 e. The minimum absolute atomic E-state index is 0.339. The molecule has 0 atom stereocenters. The lowest BCUT2D eigenvalue weighted by molar-refractivity contribution is -0.111. The zero-order valence-corrected chi connectivity index (χ0v) is 14.8. The van der Waals surface area contributed by atoms with Crippen molar-refractivity contribution in [3.8, 4) is 11.3 Å². The molecule has 7 heteroatoms. The summed E-state index contributed by atoms with van der Waals surface area (Å²) >= 11 is 0. The molecule has 140 valence electrons. The van der Waals surface area contributed by atoms with Crippen LogP contribution in [0.15, 0.2) is 79.4 Å². The molecule has 0 aliphatic rings. The van der Waals surface area contributed by atoms with E-state index in [1.807, 2.05) is 6.07 Å². The lowest BCUT2D eigenvalue weighted by Crippen LogP contribution is -2.19. The monoisotopic (exact) mass is 376 g/mol. The zero-order valence-electron chi connectivity index (χ0n) is 14.8. The van der Waals surface area contributed by atoms with Gasteiger partial charge in [0.05, 0.1) is 5.69 Å². The van der Waals surface area contributed by atoms with Gasteiger partial charge in [0.1, 0.15) is 11.6 Å². The van der Waals surface area contributed by atoms with Crippen LogP contribution in [0.2, 0.25) is 0 Å². The molecule has 6 nitrogen and oxygen atoms in total. The number of urea groups is 1. The fourth-order valence-electron chi connectivity index (χ4n) is 2.43. The van der Waals surface area contributed by atoms with Crippen LogP contribution in [0.5, 0.6) is 0 Å². The van der Waals surface area contributed by atoms with Gasteiger partial charge in [-0.15, -0.1) is 0 Å². The first-order valence-electron chi connectivity index (χ1n) is 8.38. The third-order valence-electron chi connectivity index (χ3n) is 3.71. The fraction of sp³-hybridized carbons (Fsp3) is 0. The number of nitrogens with one attached hydrogen (secondary N) is 3. The number of amides is 3. The highest BCUT2D eigenvalue weighted by Crippen LogP contribution is 2.21. The van der Waals surface area contributed by atoms with Crippen LogP contribution in [-0.2, 0) is 4.79 Å². The highest BCUT2D eigenvalue weighted by atomic mass is 19.1. The van der Waals surface area contributed by atoms with Crippen LogP contribution in [0.4, 0.5) is 26.4 Å². The molecular formula is C21H17FN4O2. The van der Waals surface area contributed by atoms with Crippen LogP contribution in [0.25, 0.3) is 11.3 Å². The van der Waals surface area contributed by atoms with Gasteiger partial charge in [-0.2, -0.15) is 0 Å². The van der Waals surface area contributed by atoms with E-state index >= 15 is 0 Å². The van der Waals surface area contributed by atoms with Gasteiger partial charge >= 0.3 is 6.03 Å². The Kier molecular flexibility index (Phi) is 5.76. The molecule has 0 saturated carbocycles. The third-order valence-corrected chi connectivity index (χ3v) is 3.71. The average molecular weight is 376 g/mol. The van der Waals surface area contributed by atoms with Gasteiger partial charge < -0.3 is 16.0 Å². The van der Waals surface area contributed by atoms with Gasteiger partial charge in [0.15, 0.2) is 0 Å². The van der Waals surface area contributed by atoms with Crippen molar-refractivity contribution in [2.45, 2.75) is 0 Å². The Hall–Kier alpha value is -4.00. The number of benzene rings is 2. The summed E-state index contributed by atoms with van der Waals surface area (Å²) in [6.07, 6.45) is 1.17. The summed E-state index contributed by atoms with van der Waals surface area (Å²) in [5.74, 6) is -0.353. The molecule has 0 aliphatic heterocycles. The molecule has 28 heavy (non-hydrogen) atoms. The van der Waals surface area contributed by atoms with Crippen LogP contribution in [0, 0.1) is 5.82 Å². The molecule has 0 unspecified atom stereocenters. The van der Waals surface area contributed by atoms with E-state index in [-0.39, 0.29) is 5.91 Å². The highest BCUT2D eigenvalue weighted by Gasteiger charge is 2.06. The van der Waals surface area contributed by atoms with Crippen molar-refractivity contribution in [1.29, 1.82) is 0 Å². The molecule has 0 spiro atoms. The molecule has 0 saturated heterocycles. The fourth-order valence-corrected chi connectivity index (χ4v) is 2.43. The number of pyridine rings is 1. The van der Waals surface area contributed by atoms with E-state index in [1.54, 1.807) is 42.5 Å². The van der Waals surface area contributed by atoms with Crippen LogP contribution in [0.1, 0.15) is 0 Å². The average Bonchev–Trinajstić information content (AvgIpc) is 2.68.